The third kappa shape index (κ3) is 3.58. The van der Waals surface area contributed by atoms with Crippen LogP contribution in [0.15, 0.2) is 22.7 Å². The Labute approximate surface area is 129 Å². The van der Waals surface area contributed by atoms with Gasteiger partial charge in [-0.05, 0) is 67.1 Å². The number of hydrogen-bond acceptors (Lipinski definition) is 3. The van der Waals surface area contributed by atoms with Crippen molar-refractivity contribution in [3.63, 3.8) is 0 Å². The van der Waals surface area contributed by atoms with Crippen LogP contribution in [-0.4, -0.2) is 49.6 Å². The molecule has 0 aromatic heterocycles. The minimum Gasteiger partial charge on any atom is -0.329 e. The lowest BCUT2D eigenvalue weighted by atomic mass is 9.99. The third-order valence-electron chi connectivity index (χ3n) is 4.15. The van der Waals surface area contributed by atoms with Crippen molar-refractivity contribution in [3.8, 4) is 0 Å². The molecule has 0 aliphatic carbocycles. The van der Waals surface area contributed by atoms with Gasteiger partial charge >= 0.3 is 0 Å². The number of nitrogens with two attached hydrogens (primary N) is 1. The van der Waals surface area contributed by atoms with Gasteiger partial charge in [0.15, 0.2) is 0 Å². The Bertz CT molecular complexity index is 453. The van der Waals surface area contributed by atoms with E-state index in [1.165, 1.54) is 18.9 Å². The Hall–Kier alpha value is -0.490. The fourth-order valence-electron chi connectivity index (χ4n) is 2.90. The van der Waals surface area contributed by atoms with Crippen LogP contribution in [0.5, 0.6) is 0 Å². The standard InChI is InChI=1S/C15H23BrFN3/c1-19(2)12-4-3-7-20(10-12)15(9-18)11-5-6-14(17)13(16)8-11/h5-6,8,12,15H,3-4,7,9-10,18H2,1-2H3. The van der Waals surface area contributed by atoms with Gasteiger partial charge in [-0.15, -0.1) is 0 Å². The minimum absolute atomic E-state index is 0.162. The summed E-state index contributed by atoms with van der Waals surface area (Å²) in [5, 5.41) is 0. The number of likely N-dealkylation sites (tertiary alicyclic amines) is 1. The van der Waals surface area contributed by atoms with Crippen LogP contribution in [0.4, 0.5) is 4.39 Å². The number of likely N-dealkylation sites (N-methyl/N-ethyl adjacent to an activating group) is 1. The van der Waals surface area contributed by atoms with Crippen molar-refractivity contribution in [3.05, 3.63) is 34.1 Å². The van der Waals surface area contributed by atoms with E-state index in [-0.39, 0.29) is 11.9 Å². The summed E-state index contributed by atoms with van der Waals surface area (Å²) >= 11 is 3.26. The first kappa shape index (κ1) is 15.9. The molecule has 112 valence electrons. The first-order valence-corrected chi connectivity index (χ1v) is 7.87. The van der Waals surface area contributed by atoms with Gasteiger partial charge in [0.2, 0.25) is 0 Å². The molecular formula is C15H23BrFN3. The van der Waals surface area contributed by atoms with E-state index in [4.69, 9.17) is 5.73 Å². The van der Waals surface area contributed by atoms with E-state index in [9.17, 15) is 4.39 Å². The first-order chi connectivity index (χ1) is 9.52. The molecule has 5 heteroatoms. The van der Waals surface area contributed by atoms with Crippen molar-refractivity contribution in [2.75, 3.05) is 33.7 Å². The topological polar surface area (TPSA) is 32.5 Å². The number of hydrogen-bond donors (Lipinski definition) is 1. The van der Waals surface area contributed by atoms with Gasteiger partial charge in [-0.25, -0.2) is 4.39 Å². The van der Waals surface area contributed by atoms with Crippen molar-refractivity contribution in [1.29, 1.82) is 0 Å². The maximum absolute atomic E-state index is 13.4. The molecule has 0 spiro atoms. The SMILES string of the molecule is CN(C)C1CCCN(C(CN)c2ccc(F)c(Br)c2)C1. The molecule has 3 nitrogen and oxygen atoms in total. The predicted octanol–water partition coefficient (Wildman–Crippen LogP) is 2.61. The summed E-state index contributed by atoms with van der Waals surface area (Å²) in [6.07, 6.45) is 2.41. The van der Waals surface area contributed by atoms with Gasteiger partial charge in [0.05, 0.1) is 4.47 Å². The minimum atomic E-state index is -0.227. The van der Waals surface area contributed by atoms with E-state index in [1.54, 1.807) is 0 Å². The molecule has 1 aliphatic rings. The maximum atomic E-state index is 13.4. The molecule has 0 amide bonds. The summed E-state index contributed by atoms with van der Waals surface area (Å²) in [6, 6.07) is 5.94. The second-order valence-corrected chi connectivity index (χ2v) is 6.53. The average Bonchev–Trinajstić information content (AvgIpc) is 2.44. The second kappa shape index (κ2) is 6.98. The van der Waals surface area contributed by atoms with Crippen LogP contribution in [0.3, 0.4) is 0 Å². The van der Waals surface area contributed by atoms with Gasteiger partial charge in [0.25, 0.3) is 0 Å². The van der Waals surface area contributed by atoms with Crippen LogP contribution in [0.2, 0.25) is 0 Å². The van der Waals surface area contributed by atoms with Gasteiger partial charge in [-0.2, -0.15) is 0 Å². The lowest BCUT2D eigenvalue weighted by molar-refractivity contribution is 0.0984. The van der Waals surface area contributed by atoms with Crippen LogP contribution in [0.25, 0.3) is 0 Å². The molecule has 0 saturated carbocycles. The van der Waals surface area contributed by atoms with E-state index < -0.39 is 0 Å². The molecule has 2 N–H and O–H groups in total. The lowest BCUT2D eigenvalue weighted by Crippen LogP contribution is -2.47. The molecule has 20 heavy (non-hydrogen) atoms. The molecule has 2 atom stereocenters. The molecule has 2 rings (SSSR count). The Balaban J connectivity index is 2.16. The summed E-state index contributed by atoms with van der Waals surface area (Å²) in [4.78, 5) is 4.70. The normalized spacial score (nSPS) is 22.2. The molecule has 0 bridgehead atoms. The van der Waals surface area contributed by atoms with Crippen LogP contribution in [-0.2, 0) is 0 Å². The summed E-state index contributed by atoms with van der Waals surface area (Å²) in [5.41, 5.74) is 7.06. The van der Waals surface area contributed by atoms with Crippen LogP contribution >= 0.6 is 15.9 Å². The van der Waals surface area contributed by atoms with Crippen LogP contribution in [0, 0.1) is 5.82 Å². The maximum Gasteiger partial charge on any atom is 0.137 e. The van der Waals surface area contributed by atoms with Gasteiger partial charge in [0, 0.05) is 25.2 Å². The molecular weight excluding hydrogens is 321 g/mol. The molecule has 1 aliphatic heterocycles. The van der Waals surface area contributed by atoms with E-state index in [2.05, 4.69) is 39.8 Å². The van der Waals surface area contributed by atoms with Crippen LogP contribution in [0.1, 0.15) is 24.4 Å². The Kier molecular flexibility index (Phi) is 5.55. The molecule has 0 radical (unpaired) electrons. The highest BCUT2D eigenvalue weighted by atomic mass is 79.9. The van der Waals surface area contributed by atoms with Crippen molar-refractivity contribution in [1.82, 2.24) is 9.80 Å². The van der Waals surface area contributed by atoms with Crippen molar-refractivity contribution >= 4 is 15.9 Å². The fourth-order valence-corrected chi connectivity index (χ4v) is 3.30. The van der Waals surface area contributed by atoms with E-state index in [1.807, 2.05) is 12.1 Å². The molecule has 2 unspecified atom stereocenters. The lowest BCUT2D eigenvalue weighted by Gasteiger charge is -2.40. The van der Waals surface area contributed by atoms with Crippen molar-refractivity contribution < 1.29 is 4.39 Å². The molecule has 1 heterocycles. The monoisotopic (exact) mass is 343 g/mol. The van der Waals surface area contributed by atoms with Crippen molar-refractivity contribution in [2.24, 2.45) is 5.73 Å². The smallest absolute Gasteiger partial charge is 0.137 e. The molecule has 1 aromatic rings. The van der Waals surface area contributed by atoms with Gasteiger partial charge < -0.3 is 10.6 Å². The second-order valence-electron chi connectivity index (χ2n) is 5.68. The number of nitrogens with zero attached hydrogens (tertiary/aromatic N) is 2. The highest BCUT2D eigenvalue weighted by molar-refractivity contribution is 9.10. The number of piperidine rings is 1. The Morgan fingerprint density at radius 1 is 1.50 bits per heavy atom. The zero-order valence-corrected chi connectivity index (χ0v) is 13.7. The average molecular weight is 344 g/mol. The zero-order chi connectivity index (χ0) is 14.7. The Morgan fingerprint density at radius 2 is 2.25 bits per heavy atom. The van der Waals surface area contributed by atoms with Gasteiger partial charge in [-0.1, -0.05) is 6.07 Å². The summed E-state index contributed by atoms with van der Waals surface area (Å²) in [7, 11) is 4.25. The predicted molar refractivity (Wildman–Crippen MR) is 84.2 cm³/mol. The molecule has 1 saturated heterocycles. The van der Waals surface area contributed by atoms with Crippen molar-refractivity contribution in [2.45, 2.75) is 24.9 Å². The van der Waals surface area contributed by atoms with Gasteiger partial charge in [0.1, 0.15) is 5.82 Å². The summed E-state index contributed by atoms with van der Waals surface area (Å²) < 4.78 is 13.9. The largest absolute Gasteiger partial charge is 0.329 e. The van der Waals surface area contributed by atoms with E-state index >= 15 is 0 Å². The highest BCUT2D eigenvalue weighted by Crippen LogP contribution is 2.28. The number of benzene rings is 1. The molecule has 1 fully saturated rings. The quantitative estimate of drug-likeness (QED) is 0.911. The fraction of sp³-hybridized carbons (Fsp3) is 0.600. The zero-order valence-electron chi connectivity index (χ0n) is 12.1. The summed E-state index contributed by atoms with van der Waals surface area (Å²) in [5.74, 6) is -0.227. The van der Waals surface area contributed by atoms with E-state index in [0.717, 1.165) is 18.7 Å². The van der Waals surface area contributed by atoms with Crippen LogP contribution < -0.4 is 5.73 Å². The Morgan fingerprint density at radius 3 is 2.85 bits per heavy atom. The van der Waals surface area contributed by atoms with E-state index in [0.29, 0.717) is 17.1 Å². The highest BCUT2D eigenvalue weighted by Gasteiger charge is 2.27. The van der Waals surface area contributed by atoms with Gasteiger partial charge in [-0.3, -0.25) is 4.90 Å². The first-order valence-electron chi connectivity index (χ1n) is 7.08. The number of rotatable bonds is 4. The molecule has 1 aromatic carbocycles. The number of halogens is 2. The third-order valence-corrected chi connectivity index (χ3v) is 4.76. The summed E-state index contributed by atoms with van der Waals surface area (Å²) in [6.45, 7) is 2.63.